The molecule has 2 N–H and O–H groups in total. The van der Waals surface area contributed by atoms with E-state index in [0.29, 0.717) is 6.54 Å². The number of ether oxygens (including phenoxy) is 1. The monoisotopic (exact) mass is 262 g/mol. The van der Waals surface area contributed by atoms with Gasteiger partial charge >= 0.3 is 5.97 Å². The number of carbonyl (C=O) groups excluding carboxylic acids is 1. The molecule has 0 radical (unpaired) electrons. The summed E-state index contributed by atoms with van der Waals surface area (Å²) in [6, 6.07) is 9.50. The number of nitrogens with zero attached hydrogens (tertiary/aromatic N) is 1. The minimum atomic E-state index is -1.08. The topological polar surface area (TPSA) is 55.6 Å². The molecule has 1 saturated heterocycles. The highest BCUT2D eigenvalue weighted by Gasteiger charge is 2.39. The summed E-state index contributed by atoms with van der Waals surface area (Å²) >= 11 is 0. The Morgan fingerprint density at radius 2 is 1.89 bits per heavy atom. The normalized spacial score (nSPS) is 19.7. The summed E-state index contributed by atoms with van der Waals surface area (Å²) in [5.74, 6) is -0.371. The number of likely N-dealkylation sites (tertiary alicyclic amines) is 1. The van der Waals surface area contributed by atoms with Crippen LogP contribution in [-0.4, -0.2) is 37.6 Å². The third-order valence-electron chi connectivity index (χ3n) is 3.76. The van der Waals surface area contributed by atoms with E-state index < -0.39 is 5.54 Å². The number of benzene rings is 1. The highest BCUT2D eigenvalue weighted by atomic mass is 16.5. The van der Waals surface area contributed by atoms with E-state index >= 15 is 0 Å². The molecule has 0 aliphatic carbocycles. The Morgan fingerprint density at radius 3 is 2.47 bits per heavy atom. The van der Waals surface area contributed by atoms with Gasteiger partial charge in [-0.3, -0.25) is 0 Å². The lowest BCUT2D eigenvalue weighted by molar-refractivity contribution is -0.148. The second-order valence-electron chi connectivity index (χ2n) is 5.17. The number of rotatable bonds is 4. The van der Waals surface area contributed by atoms with Crippen LogP contribution in [0.5, 0.6) is 0 Å². The number of hydrogen-bond donors (Lipinski definition) is 1. The standard InChI is InChI=1S/C15H22N2O2/c1-19-14(18)15(16,13-8-4-2-5-9-13)12-17-10-6-3-7-11-17/h2,4-5,8-9H,3,6-7,10-12,16H2,1H3. The van der Waals surface area contributed by atoms with Crippen molar-refractivity contribution >= 4 is 5.97 Å². The maximum absolute atomic E-state index is 12.1. The Hall–Kier alpha value is -1.39. The molecule has 2 rings (SSSR count). The maximum atomic E-state index is 12.1. The summed E-state index contributed by atoms with van der Waals surface area (Å²) in [5, 5.41) is 0. The number of piperidine rings is 1. The zero-order valence-corrected chi connectivity index (χ0v) is 11.5. The van der Waals surface area contributed by atoms with Crippen LogP contribution < -0.4 is 5.73 Å². The van der Waals surface area contributed by atoms with E-state index in [4.69, 9.17) is 10.5 Å². The highest BCUT2D eigenvalue weighted by Crippen LogP contribution is 2.23. The molecule has 0 bridgehead atoms. The van der Waals surface area contributed by atoms with Gasteiger partial charge in [-0.25, -0.2) is 4.79 Å². The molecule has 4 heteroatoms. The Bertz CT molecular complexity index is 415. The Balaban J connectivity index is 2.21. The quantitative estimate of drug-likeness (QED) is 0.835. The van der Waals surface area contributed by atoms with Crippen LogP contribution in [0.1, 0.15) is 24.8 Å². The molecule has 1 fully saturated rings. The van der Waals surface area contributed by atoms with Crippen LogP contribution in [0.3, 0.4) is 0 Å². The van der Waals surface area contributed by atoms with Crippen LogP contribution in [0.4, 0.5) is 0 Å². The largest absolute Gasteiger partial charge is 0.467 e. The molecule has 1 aliphatic heterocycles. The van der Waals surface area contributed by atoms with Crippen molar-refractivity contribution in [2.75, 3.05) is 26.7 Å². The number of esters is 1. The number of methoxy groups -OCH3 is 1. The summed E-state index contributed by atoms with van der Waals surface area (Å²) in [6.07, 6.45) is 3.61. The molecule has 0 saturated carbocycles. The van der Waals surface area contributed by atoms with E-state index in [1.165, 1.54) is 26.4 Å². The van der Waals surface area contributed by atoms with Gasteiger partial charge in [0.05, 0.1) is 7.11 Å². The van der Waals surface area contributed by atoms with Crippen molar-refractivity contribution in [2.45, 2.75) is 24.8 Å². The van der Waals surface area contributed by atoms with Crippen LogP contribution >= 0.6 is 0 Å². The van der Waals surface area contributed by atoms with Crippen molar-refractivity contribution < 1.29 is 9.53 Å². The smallest absolute Gasteiger partial charge is 0.331 e. The van der Waals surface area contributed by atoms with Gasteiger partial charge in [-0.15, -0.1) is 0 Å². The molecule has 0 aromatic heterocycles. The van der Waals surface area contributed by atoms with Crippen molar-refractivity contribution in [3.05, 3.63) is 35.9 Å². The third-order valence-corrected chi connectivity index (χ3v) is 3.76. The molecular weight excluding hydrogens is 240 g/mol. The fourth-order valence-electron chi connectivity index (χ4n) is 2.66. The van der Waals surface area contributed by atoms with E-state index in [2.05, 4.69) is 4.90 Å². The predicted octanol–water partition coefficient (Wildman–Crippen LogP) is 1.50. The van der Waals surface area contributed by atoms with Gasteiger partial charge in [0.2, 0.25) is 0 Å². The van der Waals surface area contributed by atoms with Gasteiger partial charge in [0.1, 0.15) is 0 Å². The number of carbonyl (C=O) groups is 1. The fraction of sp³-hybridized carbons (Fsp3) is 0.533. The minimum Gasteiger partial charge on any atom is -0.467 e. The summed E-state index contributed by atoms with van der Waals surface area (Å²) in [7, 11) is 1.39. The average Bonchev–Trinajstić information content (AvgIpc) is 2.48. The highest BCUT2D eigenvalue weighted by molar-refractivity contribution is 5.82. The molecule has 1 unspecified atom stereocenters. The first-order valence-electron chi connectivity index (χ1n) is 6.82. The Kier molecular flexibility index (Phi) is 4.56. The van der Waals surface area contributed by atoms with Crippen molar-refractivity contribution in [1.82, 2.24) is 4.90 Å². The first-order chi connectivity index (χ1) is 9.16. The molecule has 0 spiro atoms. The minimum absolute atomic E-state index is 0.371. The lowest BCUT2D eigenvalue weighted by atomic mass is 9.89. The first kappa shape index (κ1) is 14.0. The van der Waals surface area contributed by atoms with Gasteiger partial charge in [-0.1, -0.05) is 36.8 Å². The van der Waals surface area contributed by atoms with Crippen LogP contribution in [0, 0.1) is 0 Å². The van der Waals surface area contributed by atoms with E-state index in [1.54, 1.807) is 0 Å². The average molecular weight is 262 g/mol. The summed E-state index contributed by atoms with van der Waals surface area (Å²) < 4.78 is 4.92. The first-order valence-corrected chi connectivity index (χ1v) is 6.82. The second-order valence-corrected chi connectivity index (χ2v) is 5.17. The van der Waals surface area contributed by atoms with Gasteiger partial charge in [-0.05, 0) is 31.5 Å². The maximum Gasteiger partial charge on any atom is 0.331 e. The van der Waals surface area contributed by atoms with Gasteiger partial charge in [-0.2, -0.15) is 0 Å². The molecule has 104 valence electrons. The van der Waals surface area contributed by atoms with E-state index in [1.807, 2.05) is 30.3 Å². The summed E-state index contributed by atoms with van der Waals surface area (Å²) in [6.45, 7) is 2.52. The van der Waals surface area contributed by atoms with Crippen LogP contribution in [0.25, 0.3) is 0 Å². The van der Waals surface area contributed by atoms with E-state index in [-0.39, 0.29) is 5.97 Å². The van der Waals surface area contributed by atoms with Crippen LogP contribution in [0.15, 0.2) is 30.3 Å². The molecule has 19 heavy (non-hydrogen) atoms. The van der Waals surface area contributed by atoms with Crippen molar-refractivity contribution in [1.29, 1.82) is 0 Å². The zero-order valence-electron chi connectivity index (χ0n) is 11.5. The fourth-order valence-corrected chi connectivity index (χ4v) is 2.66. The molecule has 1 aliphatic rings. The molecule has 1 atom stereocenters. The third kappa shape index (κ3) is 3.14. The van der Waals surface area contributed by atoms with E-state index in [9.17, 15) is 4.79 Å². The van der Waals surface area contributed by atoms with Gasteiger partial charge < -0.3 is 15.4 Å². The predicted molar refractivity (Wildman–Crippen MR) is 74.6 cm³/mol. The second kappa shape index (κ2) is 6.17. The van der Waals surface area contributed by atoms with Crippen molar-refractivity contribution in [3.8, 4) is 0 Å². The van der Waals surface area contributed by atoms with Crippen LogP contribution in [-0.2, 0) is 15.1 Å². The van der Waals surface area contributed by atoms with Gasteiger partial charge in [0.25, 0.3) is 0 Å². The molecule has 1 aromatic rings. The Morgan fingerprint density at radius 1 is 1.26 bits per heavy atom. The van der Waals surface area contributed by atoms with Crippen molar-refractivity contribution in [2.24, 2.45) is 5.73 Å². The molecule has 4 nitrogen and oxygen atoms in total. The number of nitrogens with two attached hydrogens (primary N) is 1. The molecule has 1 aromatic carbocycles. The lowest BCUT2D eigenvalue weighted by Gasteiger charge is -2.35. The number of hydrogen-bond acceptors (Lipinski definition) is 4. The SMILES string of the molecule is COC(=O)C(N)(CN1CCCCC1)c1ccccc1. The van der Waals surface area contributed by atoms with E-state index in [0.717, 1.165) is 18.7 Å². The van der Waals surface area contributed by atoms with Gasteiger partial charge in [0.15, 0.2) is 5.54 Å². The molecule has 0 amide bonds. The molecular formula is C15H22N2O2. The Labute approximate surface area is 114 Å². The van der Waals surface area contributed by atoms with Crippen molar-refractivity contribution in [3.63, 3.8) is 0 Å². The lowest BCUT2D eigenvalue weighted by Crippen LogP contribution is -2.54. The van der Waals surface area contributed by atoms with Crippen LogP contribution in [0.2, 0.25) is 0 Å². The van der Waals surface area contributed by atoms with Gasteiger partial charge in [0, 0.05) is 6.54 Å². The summed E-state index contributed by atoms with van der Waals surface area (Å²) in [5.41, 5.74) is 6.12. The zero-order chi connectivity index (χ0) is 13.7. The molecule has 1 heterocycles. The summed E-state index contributed by atoms with van der Waals surface area (Å²) in [4.78, 5) is 14.4.